The van der Waals surface area contributed by atoms with Gasteiger partial charge in [-0.1, -0.05) is 36.4 Å². The van der Waals surface area contributed by atoms with E-state index >= 15 is 24.0 Å². The molecule has 538 valence electrons. The number of carbonyl (C=O) groups is 17. The van der Waals surface area contributed by atoms with Gasteiger partial charge in [-0.2, -0.15) is 0 Å². The van der Waals surface area contributed by atoms with Crippen LogP contribution in [-0.4, -0.2) is 201 Å². The molecule has 6 rings (SSSR count). The van der Waals surface area contributed by atoms with Gasteiger partial charge < -0.3 is 81.6 Å². The monoisotopic (exact) mass is 1410 g/mol. The van der Waals surface area contributed by atoms with Crippen LogP contribution >= 0.6 is 0 Å². The Morgan fingerprint density at radius 2 is 0.723 bits per heavy atom. The lowest BCUT2D eigenvalue weighted by molar-refractivity contribution is -0.280. The van der Waals surface area contributed by atoms with Crippen LogP contribution < -0.4 is 9.47 Å². The molecule has 101 heavy (non-hydrogen) atoms. The van der Waals surface area contributed by atoms with Crippen molar-refractivity contribution >= 4 is 113 Å². The number of ether oxygens (including phenoxy) is 14. The smallest absolute Gasteiger partial charge is 0.308 e. The minimum absolute atomic E-state index is 0.00639. The van der Waals surface area contributed by atoms with Crippen molar-refractivity contribution in [2.75, 3.05) is 13.2 Å². The molecule has 2 aliphatic heterocycles. The van der Waals surface area contributed by atoms with Gasteiger partial charge in [0.15, 0.2) is 77.7 Å². The third kappa shape index (κ3) is 18.1. The SMILES string of the molecule is CC(=O)OC[C@H]1O[C@@H]([C@@]2(OC(C)=O)C(O)=C(/C=C3/C(=O)C(C(=O)/C=C/c4ccc(OC(C)=O)cc4)=C(O)[C@](OC(C)=O)([C@@H]4O[C@H](COC(C)=O)[C@@H](OC(C)=O)[C@H](OC(C)=O)[C@H]4OC(C)=O)C3=O)C(=O)C(C(=O)/C=C/c3ccc(OC(C)=O)cc3)=C2O)[C@H](OC(C)=O)[C@@H](OC(C)=O)[C@@H]1OC(C)=O. The maximum Gasteiger partial charge on any atom is 0.308 e. The van der Waals surface area contributed by atoms with Crippen LogP contribution in [0.5, 0.6) is 11.5 Å². The highest BCUT2D eigenvalue weighted by Crippen LogP contribution is 2.49. The van der Waals surface area contributed by atoms with Crippen LogP contribution in [0.4, 0.5) is 0 Å². The van der Waals surface area contributed by atoms with Crippen molar-refractivity contribution in [3.63, 3.8) is 0 Å². The van der Waals surface area contributed by atoms with Gasteiger partial charge in [0.25, 0.3) is 11.2 Å². The van der Waals surface area contributed by atoms with Gasteiger partial charge in [-0.05, 0) is 53.6 Å². The van der Waals surface area contributed by atoms with E-state index in [2.05, 4.69) is 0 Å². The third-order valence-electron chi connectivity index (χ3n) is 14.6. The van der Waals surface area contributed by atoms with E-state index in [9.17, 15) is 72.9 Å². The molecule has 0 radical (unpaired) electrons. The normalized spacial score (nSPS) is 25.5. The number of aliphatic hydroxyl groups is 3. The zero-order valence-corrected chi connectivity index (χ0v) is 55.7. The summed E-state index contributed by atoms with van der Waals surface area (Å²) in [6, 6.07) is 10.0. The van der Waals surface area contributed by atoms with Crippen LogP contribution in [-0.2, 0) is 138 Å². The van der Waals surface area contributed by atoms with E-state index in [1.807, 2.05) is 0 Å². The van der Waals surface area contributed by atoms with Gasteiger partial charge in [0.1, 0.15) is 48.1 Å². The van der Waals surface area contributed by atoms with E-state index in [0.717, 1.165) is 74.5 Å². The zero-order valence-electron chi connectivity index (χ0n) is 55.7. The lowest BCUT2D eigenvalue weighted by Gasteiger charge is -2.50. The molecule has 0 amide bonds. The minimum atomic E-state index is -4.03. The Bertz CT molecular complexity index is 3990. The van der Waals surface area contributed by atoms with Crippen LogP contribution in [0.3, 0.4) is 0 Å². The number of hydrogen-bond donors (Lipinski definition) is 3. The lowest BCUT2D eigenvalue weighted by Crippen LogP contribution is -2.72. The third-order valence-corrected chi connectivity index (χ3v) is 14.6. The molecule has 34 nitrogen and oxygen atoms in total. The molecule has 2 aromatic rings. The molecule has 2 heterocycles. The summed E-state index contributed by atoms with van der Waals surface area (Å²) in [6.07, 6.45) is -21.0. The van der Waals surface area contributed by atoms with Crippen molar-refractivity contribution < 1.29 is 163 Å². The first-order valence-electron chi connectivity index (χ1n) is 29.9. The Morgan fingerprint density at radius 3 is 1.07 bits per heavy atom. The summed E-state index contributed by atoms with van der Waals surface area (Å²) >= 11 is 0. The van der Waals surface area contributed by atoms with E-state index in [4.69, 9.17) is 66.3 Å². The van der Waals surface area contributed by atoms with Crippen molar-refractivity contribution in [2.24, 2.45) is 0 Å². The summed E-state index contributed by atoms with van der Waals surface area (Å²) in [5.74, 6) is -30.3. The lowest BCUT2D eigenvalue weighted by atomic mass is 9.70. The topological polar surface area (TPSA) is 480 Å². The van der Waals surface area contributed by atoms with Crippen LogP contribution in [0.15, 0.2) is 106 Å². The maximum atomic E-state index is 16.4. The largest absolute Gasteiger partial charge is 0.507 e. The van der Waals surface area contributed by atoms with Crippen molar-refractivity contribution in [1.29, 1.82) is 0 Å². The molecule has 2 aliphatic carbocycles. The van der Waals surface area contributed by atoms with Crippen LogP contribution in [0.1, 0.15) is 94.2 Å². The minimum Gasteiger partial charge on any atom is -0.507 e. The summed E-state index contributed by atoms with van der Waals surface area (Å²) in [7, 11) is 0. The first-order chi connectivity index (χ1) is 47.2. The predicted octanol–water partition coefficient (Wildman–Crippen LogP) is 2.35. The van der Waals surface area contributed by atoms with E-state index in [1.54, 1.807) is 0 Å². The molecule has 2 fully saturated rings. The summed E-state index contributed by atoms with van der Waals surface area (Å²) in [4.78, 5) is 233. The molecule has 12 atom stereocenters. The molecule has 3 N–H and O–H groups in total. The number of ketones is 5. The van der Waals surface area contributed by atoms with Gasteiger partial charge in [-0.3, -0.25) is 81.5 Å². The number of benzene rings is 2. The second-order valence-electron chi connectivity index (χ2n) is 22.4. The zero-order chi connectivity index (χ0) is 75.4. The fraction of sp³-hybridized carbons (Fsp3) is 0.388. The van der Waals surface area contributed by atoms with Gasteiger partial charge in [0.2, 0.25) is 17.3 Å². The molecular weight excluding hydrogens is 1350 g/mol. The van der Waals surface area contributed by atoms with Gasteiger partial charge in [0, 0.05) is 83.1 Å². The first-order valence-corrected chi connectivity index (χ1v) is 29.9. The standard InChI is InChI=1S/C67H66O34/c1-28(68)88-26-48-54(92-32(5)72)56(94-34(7)74)58(96-36(9)76)64(98-48)66(100-38(11)78)60(84)44(52(82)50(62(66)86)46(80)23-17-40-13-19-42(20-14-40)90-30(3)70)25-45-53(83)51(47(81)24-18-41-15-21-43(22-16-41)91-31(4)71)63(87)67(61(45)85,101-39(12)79)65-59(97-37(10)77)57(95-35(8)75)55(93-33(6)73)49(99-65)27-89-29(2)69/h13-25,48-49,54-59,64-65,84,86-87H,26-27H2,1-12H3/b23-17+,24-18+,45-25-/t48-,49-,54-,55-,56+,57+,58-,59-,64-,65-,66-,67+/m1/s1. The number of rotatable bonds is 23. The average molecular weight is 1420 g/mol. The van der Waals surface area contributed by atoms with E-state index in [1.165, 1.54) is 48.5 Å². The van der Waals surface area contributed by atoms with Crippen molar-refractivity contribution in [3.05, 3.63) is 117 Å². The van der Waals surface area contributed by atoms with Gasteiger partial charge in [-0.25, -0.2) is 0 Å². The molecule has 4 aliphatic rings. The molecule has 0 aromatic heterocycles. The molecule has 0 bridgehead atoms. The number of esters is 12. The highest BCUT2D eigenvalue weighted by Gasteiger charge is 2.70. The molecular formula is C67H66O34. The second-order valence-corrected chi connectivity index (χ2v) is 22.4. The average Bonchev–Trinajstić information content (AvgIpc) is 0.709. The maximum absolute atomic E-state index is 16.4. The quantitative estimate of drug-likeness (QED) is 0.0472. The Labute approximate surface area is 571 Å². The molecule has 0 unspecified atom stereocenters. The van der Waals surface area contributed by atoms with Crippen LogP contribution in [0, 0.1) is 0 Å². The Balaban J connectivity index is 1.85. The highest BCUT2D eigenvalue weighted by atomic mass is 16.7. The Hall–Kier alpha value is -11.8. The second kappa shape index (κ2) is 32.7. The highest BCUT2D eigenvalue weighted by molar-refractivity contribution is 6.42. The number of hydrogen-bond acceptors (Lipinski definition) is 34. The number of allylic oxidation sites excluding steroid dienone is 6. The van der Waals surface area contributed by atoms with E-state index < -0.39 is 226 Å². The fourth-order valence-corrected chi connectivity index (χ4v) is 11.1. The summed E-state index contributed by atoms with van der Waals surface area (Å²) in [6.45, 7) is 7.47. The summed E-state index contributed by atoms with van der Waals surface area (Å²) < 4.78 is 77.8. The summed E-state index contributed by atoms with van der Waals surface area (Å²) in [5, 5.41) is 39.1. The Morgan fingerprint density at radius 1 is 0.396 bits per heavy atom. The fourth-order valence-electron chi connectivity index (χ4n) is 11.1. The van der Waals surface area contributed by atoms with E-state index in [-0.39, 0.29) is 28.7 Å². The number of carbonyl (C=O) groups excluding carboxylic acids is 17. The molecule has 2 saturated heterocycles. The number of aliphatic hydroxyl groups excluding tert-OH is 3. The van der Waals surface area contributed by atoms with Crippen molar-refractivity contribution in [3.8, 4) is 11.5 Å². The van der Waals surface area contributed by atoms with Crippen LogP contribution in [0.2, 0.25) is 0 Å². The molecule has 34 heteroatoms. The van der Waals surface area contributed by atoms with Gasteiger partial charge in [0.05, 0.1) is 11.1 Å². The van der Waals surface area contributed by atoms with Crippen LogP contribution in [0.25, 0.3) is 12.2 Å². The number of Topliss-reactive ketones (excluding diaryl/α,β-unsaturated/α-hetero) is 3. The molecule has 0 saturated carbocycles. The van der Waals surface area contributed by atoms with Crippen molar-refractivity contribution in [1.82, 2.24) is 0 Å². The van der Waals surface area contributed by atoms with E-state index in [0.29, 0.717) is 32.9 Å². The summed E-state index contributed by atoms with van der Waals surface area (Å²) in [5.41, 5.74) is -14.7. The predicted molar refractivity (Wildman–Crippen MR) is 329 cm³/mol. The molecule has 2 aromatic carbocycles. The van der Waals surface area contributed by atoms with Gasteiger partial charge >= 0.3 is 71.6 Å². The Kier molecular flexibility index (Phi) is 25.3. The van der Waals surface area contributed by atoms with Gasteiger partial charge in [-0.15, -0.1) is 0 Å². The molecule has 0 spiro atoms. The van der Waals surface area contributed by atoms with Crippen molar-refractivity contribution in [2.45, 2.75) is 155 Å². The first kappa shape index (κ1) is 78.2.